The van der Waals surface area contributed by atoms with Crippen LogP contribution in [-0.2, 0) is 7.05 Å². The second kappa shape index (κ2) is 6.15. The van der Waals surface area contributed by atoms with Gasteiger partial charge in [-0.15, -0.1) is 0 Å². The number of aromatic nitrogens is 4. The van der Waals surface area contributed by atoms with E-state index in [4.69, 9.17) is 4.98 Å². The lowest BCUT2D eigenvalue weighted by molar-refractivity contribution is 0.372. The summed E-state index contributed by atoms with van der Waals surface area (Å²) in [5.41, 5.74) is 3.78. The van der Waals surface area contributed by atoms with Gasteiger partial charge in [-0.3, -0.25) is 4.68 Å². The standard InChI is InChI=1S/C23H24N6O/c1-14-11-29(13-23(26-14)5-6-23)17-3-4-19-15(7-17)10-24-22(25-19)18-8-16-12-28(2)27-20(16)9-21(18)30/h3-4,7-10,12,14,26,30H,5-6,11,13H2,1-2H3. The number of fused-ring (bicyclic) bond motifs is 2. The summed E-state index contributed by atoms with van der Waals surface area (Å²) in [6.45, 7) is 4.32. The molecule has 0 amide bonds. The van der Waals surface area contributed by atoms with E-state index < -0.39 is 0 Å². The highest BCUT2D eigenvalue weighted by molar-refractivity contribution is 5.88. The van der Waals surface area contributed by atoms with Crippen LogP contribution >= 0.6 is 0 Å². The number of piperazine rings is 1. The van der Waals surface area contributed by atoms with E-state index >= 15 is 0 Å². The molecule has 4 aromatic rings. The third-order valence-corrected chi connectivity index (χ3v) is 6.30. The van der Waals surface area contributed by atoms with E-state index in [0.29, 0.717) is 23.0 Å². The first-order valence-corrected chi connectivity index (χ1v) is 10.4. The average molecular weight is 400 g/mol. The first kappa shape index (κ1) is 17.7. The highest BCUT2D eigenvalue weighted by atomic mass is 16.3. The molecule has 6 rings (SSSR count). The molecule has 2 aromatic heterocycles. The normalized spacial score (nSPS) is 20.3. The molecule has 2 N–H and O–H groups in total. The smallest absolute Gasteiger partial charge is 0.163 e. The molecule has 0 bridgehead atoms. The minimum absolute atomic E-state index is 0.140. The number of aromatic hydroxyl groups is 1. The number of aryl methyl sites for hydroxylation is 1. The van der Waals surface area contributed by atoms with Crippen molar-refractivity contribution in [3.63, 3.8) is 0 Å². The van der Waals surface area contributed by atoms with Crippen molar-refractivity contribution in [2.24, 2.45) is 7.05 Å². The van der Waals surface area contributed by atoms with Gasteiger partial charge in [0.1, 0.15) is 5.75 Å². The Kier molecular flexibility index (Phi) is 3.62. The van der Waals surface area contributed by atoms with Crippen LogP contribution in [0.3, 0.4) is 0 Å². The number of rotatable bonds is 2. The van der Waals surface area contributed by atoms with E-state index in [-0.39, 0.29) is 5.75 Å². The maximum Gasteiger partial charge on any atom is 0.163 e. The Bertz CT molecular complexity index is 1290. The molecule has 7 nitrogen and oxygen atoms in total. The molecule has 1 aliphatic carbocycles. The van der Waals surface area contributed by atoms with Crippen molar-refractivity contribution in [2.45, 2.75) is 31.3 Å². The monoisotopic (exact) mass is 400 g/mol. The molecule has 7 heteroatoms. The molecule has 1 saturated heterocycles. The van der Waals surface area contributed by atoms with Crippen LogP contribution < -0.4 is 10.2 Å². The van der Waals surface area contributed by atoms with Crippen molar-refractivity contribution in [1.29, 1.82) is 0 Å². The predicted octanol–water partition coefficient (Wildman–Crippen LogP) is 3.22. The number of nitrogens with one attached hydrogen (secondary N) is 1. The fourth-order valence-corrected chi connectivity index (χ4v) is 4.73. The molecule has 152 valence electrons. The molecule has 0 radical (unpaired) electrons. The van der Waals surface area contributed by atoms with Crippen molar-refractivity contribution in [2.75, 3.05) is 18.0 Å². The maximum atomic E-state index is 10.5. The third-order valence-electron chi connectivity index (χ3n) is 6.30. The fraction of sp³-hybridized carbons (Fsp3) is 0.348. The number of anilines is 1. The van der Waals surface area contributed by atoms with Gasteiger partial charge < -0.3 is 15.3 Å². The number of phenols is 1. The number of phenolic OH excluding ortho intramolecular Hbond substituents is 1. The van der Waals surface area contributed by atoms with Gasteiger partial charge in [0, 0.05) is 66.6 Å². The zero-order chi connectivity index (χ0) is 20.5. The Hall–Kier alpha value is -3.19. The van der Waals surface area contributed by atoms with Crippen LogP contribution in [-0.4, -0.2) is 49.5 Å². The quantitative estimate of drug-likeness (QED) is 0.538. The molecule has 2 aliphatic rings. The molecule has 1 unspecified atom stereocenters. The topological polar surface area (TPSA) is 79.1 Å². The predicted molar refractivity (Wildman–Crippen MR) is 118 cm³/mol. The fourth-order valence-electron chi connectivity index (χ4n) is 4.73. The minimum atomic E-state index is 0.140. The van der Waals surface area contributed by atoms with Gasteiger partial charge in [0.2, 0.25) is 0 Å². The summed E-state index contributed by atoms with van der Waals surface area (Å²) < 4.78 is 1.74. The summed E-state index contributed by atoms with van der Waals surface area (Å²) >= 11 is 0. The number of hydrogen-bond acceptors (Lipinski definition) is 6. The van der Waals surface area contributed by atoms with Crippen LogP contribution in [0.5, 0.6) is 5.75 Å². The number of hydrogen-bond donors (Lipinski definition) is 2. The summed E-state index contributed by atoms with van der Waals surface area (Å²) in [6, 6.07) is 10.4. The van der Waals surface area contributed by atoms with Crippen LogP contribution in [0.25, 0.3) is 33.2 Å². The second-order valence-corrected chi connectivity index (χ2v) is 8.87. The molecule has 2 aromatic carbocycles. The van der Waals surface area contributed by atoms with E-state index in [0.717, 1.165) is 34.9 Å². The number of nitrogens with zero attached hydrogens (tertiary/aromatic N) is 5. The van der Waals surface area contributed by atoms with E-state index in [1.54, 1.807) is 10.7 Å². The van der Waals surface area contributed by atoms with E-state index in [1.807, 2.05) is 25.5 Å². The van der Waals surface area contributed by atoms with E-state index in [9.17, 15) is 5.11 Å². The third kappa shape index (κ3) is 2.89. The molecule has 1 spiro atoms. The lowest BCUT2D eigenvalue weighted by Crippen LogP contribution is -2.57. The average Bonchev–Trinajstić information content (AvgIpc) is 3.35. The van der Waals surface area contributed by atoms with Crippen molar-refractivity contribution in [3.05, 3.63) is 42.7 Å². The summed E-state index contributed by atoms with van der Waals surface area (Å²) in [7, 11) is 1.87. The molecule has 1 saturated carbocycles. The Morgan fingerprint density at radius 1 is 1.13 bits per heavy atom. The SMILES string of the molecule is CC1CN(c2ccc3nc(-c4cc5cn(C)nc5cc4O)ncc3c2)CC2(CC2)N1. The van der Waals surface area contributed by atoms with Crippen LogP contribution in [0, 0.1) is 0 Å². The van der Waals surface area contributed by atoms with Gasteiger partial charge in [-0.05, 0) is 44.0 Å². The van der Waals surface area contributed by atoms with Crippen LogP contribution in [0.15, 0.2) is 42.7 Å². The molecule has 2 fully saturated rings. The Morgan fingerprint density at radius 3 is 2.83 bits per heavy atom. The van der Waals surface area contributed by atoms with Gasteiger partial charge in [-0.2, -0.15) is 5.10 Å². The largest absolute Gasteiger partial charge is 0.507 e. The summed E-state index contributed by atoms with van der Waals surface area (Å²) in [6.07, 6.45) is 6.30. The highest BCUT2D eigenvalue weighted by Crippen LogP contribution is 2.40. The van der Waals surface area contributed by atoms with E-state index in [2.05, 4.69) is 45.4 Å². The first-order valence-electron chi connectivity index (χ1n) is 10.4. The molecule has 1 aliphatic heterocycles. The van der Waals surface area contributed by atoms with Gasteiger partial charge >= 0.3 is 0 Å². The first-order chi connectivity index (χ1) is 14.5. The van der Waals surface area contributed by atoms with Crippen LogP contribution in [0.2, 0.25) is 0 Å². The maximum absolute atomic E-state index is 10.5. The van der Waals surface area contributed by atoms with Gasteiger partial charge in [0.05, 0.1) is 16.6 Å². The van der Waals surface area contributed by atoms with Crippen molar-refractivity contribution in [1.82, 2.24) is 25.1 Å². The van der Waals surface area contributed by atoms with Crippen molar-refractivity contribution < 1.29 is 5.11 Å². The molecule has 1 atom stereocenters. The van der Waals surface area contributed by atoms with Gasteiger partial charge in [0.25, 0.3) is 0 Å². The zero-order valence-corrected chi connectivity index (χ0v) is 17.1. The lowest BCUT2D eigenvalue weighted by atomic mass is 10.1. The van der Waals surface area contributed by atoms with Crippen LogP contribution in [0.4, 0.5) is 5.69 Å². The van der Waals surface area contributed by atoms with Gasteiger partial charge in [-0.1, -0.05) is 0 Å². The van der Waals surface area contributed by atoms with E-state index in [1.165, 1.54) is 18.5 Å². The molecular formula is C23H24N6O. The second-order valence-electron chi connectivity index (χ2n) is 8.87. The summed E-state index contributed by atoms with van der Waals surface area (Å²) in [4.78, 5) is 11.8. The minimum Gasteiger partial charge on any atom is -0.507 e. The van der Waals surface area contributed by atoms with Gasteiger partial charge in [0.15, 0.2) is 5.82 Å². The Labute approximate surface area is 174 Å². The number of benzene rings is 2. The van der Waals surface area contributed by atoms with Crippen molar-refractivity contribution in [3.8, 4) is 17.1 Å². The van der Waals surface area contributed by atoms with Crippen LogP contribution in [0.1, 0.15) is 19.8 Å². The molecule has 3 heterocycles. The van der Waals surface area contributed by atoms with Crippen molar-refractivity contribution >= 4 is 27.5 Å². The molecular weight excluding hydrogens is 376 g/mol. The summed E-state index contributed by atoms with van der Waals surface area (Å²) in [5, 5.41) is 20.5. The Morgan fingerprint density at radius 2 is 2.00 bits per heavy atom. The zero-order valence-electron chi connectivity index (χ0n) is 17.1. The Balaban J connectivity index is 1.36. The highest BCUT2D eigenvalue weighted by Gasteiger charge is 2.47. The lowest BCUT2D eigenvalue weighted by Gasteiger charge is -2.39. The van der Waals surface area contributed by atoms with Gasteiger partial charge in [-0.25, -0.2) is 9.97 Å². The summed E-state index contributed by atoms with van der Waals surface area (Å²) in [5.74, 6) is 0.660. The molecule has 30 heavy (non-hydrogen) atoms.